The Kier molecular flexibility index (Phi) is 5.12. The van der Waals surface area contributed by atoms with Gasteiger partial charge in [0.15, 0.2) is 0 Å². The van der Waals surface area contributed by atoms with Gasteiger partial charge in [0.1, 0.15) is 0 Å². The summed E-state index contributed by atoms with van der Waals surface area (Å²) in [6.45, 7) is 1.65. The first-order valence-corrected chi connectivity index (χ1v) is 10.1. The van der Waals surface area contributed by atoms with Gasteiger partial charge in [0.25, 0.3) is 5.91 Å². The van der Waals surface area contributed by atoms with E-state index in [1.54, 1.807) is 27.9 Å². The van der Waals surface area contributed by atoms with E-state index in [1.807, 2.05) is 12.1 Å². The lowest BCUT2D eigenvalue weighted by atomic mass is 10.3. The molecule has 0 saturated carbocycles. The summed E-state index contributed by atoms with van der Waals surface area (Å²) in [5.41, 5.74) is 1.28. The van der Waals surface area contributed by atoms with Gasteiger partial charge in [-0.1, -0.05) is 11.6 Å². The third-order valence-electron chi connectivity index (χ3n) is 4.13. The van der Waals surface area contributed by atoms with E-state index in [-0.39, 0.29) is 5.91 Å². The molecule has 134 valence electrons. The topological polar surface area (TPSA) is 75.5 Å². The average Bonchev–Trinajstić information content (AvgIpc) is 2.91. The van der Waals surface area contributed by atoms with Gasteiger partial charge in [-0.15, -0.1) is 0 Å². The molecular weight excluding hydrogens is 364 g/mol. The Morgan fingerprint density at radius 1 is 1.12 bits per heavy atom. The summed E-state index contributed by atoms with van der Waals surface area (Å²) in [6.07, 6.45) is 5.01. The lowest BCUT2D eigenvalue weighted by molar-refractivity contribution is 0.0764. The van der Waals surface area contributed by atoms with Crippen LogP contribution in [0, 0.1) is 0 Å². The second-order valence-electron chi connectivity index (χ2n) is 5.96. The Balaban J connectivity index is 1.72. The third-order valence-corrected chi connectivity index (χ3v) is 5.69. The molecule has 25 heavy (non-hydrogen) atoms. The first kappa shape index (κ1) is 17.9. The van der Waals surface area contributed by atoms with Crippen LogP contribution in [-0.2, 0) is 10.0 Å². The van der Waals surface area contributed by atoms with Crippen LogP contribution in [0.15, 0.2) is 36.7 Å². The molecule has 0 spiro atoms. The molecule has 1 fully saturated rings. The van der Waals surface area contributed by atoms with Crippen molar-refractivity contribution in [2.45, 2.75) is 6.42 Å². The molecule has 0 radical (unpaired) electrons. The molecule has 0 aliphatic carbocycles. The minimum Gasteiger partial charge on any atom is -0.337 e. The largest absolute Gasteiger partial charge is 0.337 e. The van der Waals surface area contributed by atoms with Crippen LogP contribution < -0.4 is 0 Å². The highest BCUT2D eigenvalue weighted by Gasteiger charge is 2.25. The fourth-order valence-corrected chi connectivity index (χ4v) is 3.78. The van der Waals surface area contributed by atoms with Crippen molar-refractivity contribution < 1.29 is 13.2 Å². The van der Waals surface area contributed by atoms with Gasteiger partial charge in [-0.3, -0.25) is 4.79 Å². The number of carbonyl (C=O) groups excluding carboxylic acids is 1. The molecule has 1 aliphatic heterocycles. The van der Waals surface area contributed by atoms with Gasteiger partial charge < -0.3 is 4.90 Å². The average molecular weight is 383 g/mol. The van der Waals surface area contributed by atoms with E-state index >= 15 is 0 Å². The summed E-state index contributed by atoms with van der Waals surface area (Å²) < 4.78 is 26.4. The highest BCUT2D eigenvalue weighted by molar-refractivity contribution is 7.88. The number of carbonyl (C=O) groups is 1. The molecule has 0 bridgehead atoms. The Morgan fingerprint density at radius 2 is 1.84 bits per heavy atom. The molecule has 1 saturated heterocycles. The number of amides is 1. The van der Waals surface area contributed by atoms with Gasteiger partial charge in [-0.25, -0.2) is 17.4 Å². The standard InChI is InChI=1S/C16H19ClN4O3S/c1-25(23,24)20-8-2-7-19(9-10-20)16(22)13-11-18-21(12-13)15-5-3-14(17)4-6-15/h3-6,11-12H,2,7-10H2,1H3. The van der Waals surface area contributed by atoms with Crippen molar-refractivity contribution in [3.05, 3.63) is 47.2 Å². The van der Waals surface area contributed by atoms with Gasteiger partial charge in [0, 0.05) is 37.4 Å². The van der Waals surface area contributed by atoms with Crippen molar-refractivity contribution >= 4 is 27.5 Å². The maximum Gasteiger partial charge on any atom is 0.257 e. The van der Waals surface area contributed by atoms with Gasteiger partial charge in [-0.2, -0.15) is 5.10 Å². The molecule has 0 unspecified atom stereocenters. The first-order valence-electron chi connectivity index (χ1n) is 7.89. The van der Waals surface area contributed by atoms with Gasteiger partial charge in [0.2, 0.25) is 10.0 Å². The van der Waals surface area contributed by atoms with E-state index in [0.29, 0.717) is 43.2 Å². The monoisotopic (exact) mass is 382 g/mol. The number of halogens is 1. The Labute approximate surface area is 151 Å². The molecule has 7 nitrogen and oxygen atoms in total. The Bertz CT molecular complexity index is 864. The van der Waals surface area contributed by atoms with Crippen LogP contribution >= 0.6 is 11.6 Å². The highest BCUT2D eigenvalue weighted by atomic mass is 35.5. The Hall–Kier alpha value is -1.90. The van der Waals surface area contributed by atoms with Crippen LogP contribution in [0.25, 0.3) is 5.69 Å². The number of sulfonamides is 1. The molecule has 0 atom stereocenters. The third kappa shape index (κ3) is 4.20. The van der Waals surface area contributed by atoms with E-state index in [2.05, 4.69) is 5.10 Å². The number of nitrogens with zero attached hydrogens (tertiary/aromatic N) is 4. The molecule has 1 aromatic heterocycles. The molecular formula is C16H19ClN4O3S. The summed E-state index contributed by atoms with van der Waals surface area (Å²) in [5.74, 6) is -0.143. The number of aromatic nitrogens is 2. The predicted octanol–water partition coefficient (Wildman–Crippen LogP) is 1.63. The van der Waals surface area contributed by atoms with Gasteiger partial charge >= 0.3 is 0 Å². The normalized spacial score (nSPS) is 16.6. The fourth-order valence-electron chi connectivity index (χ4n) is 2.78. The molecule has 1 aromatic carbocycles. The summed E-state index contributed by atoms with van der Waals surface area (Å²) in [4.78, 5) is 14.4. The second-order valence-corrected chi connectivity index (χ2v) is 8.38. The molecule has 3 rings (SSSR count). The van der Waals surface area contributed by atoms with Gasteiger partial charge in [-0.05, 0) is 30.7 Å². The summed E-state index contributed by atoms with van der Waals surface area (Å²) >= 11 is 5.88. The van der Waals surface area contributed by atoms with Gasteiger partial charge in [0.05, 0.1) is 23.7 Å². The van der Waals surface area contributed by atoms with E-state index in [4.69, 9.17) is 11.6 Å². The molecule has 1 amide bonds. The van der Waals surface area contributed by atoms with Crippen molar-refractivity contribution in [1.29, 1.82) is 0 Å². The van der Waals surface area contributed by atoms with Crippen LogP contribution in [0.3, 0.4) is 0 Å². The van der Waals surface area contributed by atoms with Crippen LogP contribution in [0.2, 0.25) is 5.02 Å². The zero-order valence-corrected chi connectivity index (χ0v) is 15.4. The van der Waals surface area contributed by atoms with Crippen LogP contribution in [0.5, 0.6) is 0 Å². The molecule has 9 heteroatoms. The lowest BCUT2D eigenvalue weighted by Crippen LogP contribution is -2.36. The maximum atomic E-state index is 12.7. The van der Waals surface area contributed by atoms with E-state index in [9.17, 15) is 13.2 Å². The van der Waals surface area contributed by atoms with Crippen molar-refractivity contribution in [1.82, 2.24) is 19.0 Å². The predicted molar refractivity (Wildman–Crippen MR) is 95.5 cm³/mol. The first-order chi connectivity index (χ1) is 11.8. The van der Waals surface area contributed by atoms with E-state index in [1.165, 1.54) is 16.8 Å². The summed E-state index contributed by atoms with van der Waals surface area (Å²) in [6, 6.07) is 7.16. The number of rotatable bonds is 3. The fraction of sp³-hybridized carbons (Fsp3) is 0.375. The number of hydrogen-bond donors (Lipinski definition) is 0. The zero-order chi connectivity index (χ0) is 18.0. The lowest BCUT2D eigenvalue weighted by Gasteiger charge is -2.20. The van der Waals surface area contributed by atoms with Crippen LogP contribution in [-0.4, -0.2) is 65.7 Å². The number of hydrogen-bond acceptors (Lipinski definition) is 4. The summed E-state index contributed by atoms with van der Waals surface area (Å²) in [5, 5.41) is 4.86. The van der Waals surface area contributed by atoms with Crippen molar-refractivity contribution in [2.75, 3.05) is 32.4 Å². The molecule has 0 N–H and O–H groups in total. The second kappa shape index (κ2) is 7.15. The minimum absolute atomic E-state index is 0.143. The SMILES string of the molecule is CS(=O)(=O)N1CCCN(C(=O)c2cnn(-c3ccc(Cl)cc3)c2)CC1. The minimum atomic E-state index is -3.23. The van der Waals surface area contributed by atoms with Crippen LogP contribution in [0.1, 0.15) is 16.8 Å². The summed E-state index contributed by atoms with van der Waals surface area (Å²) in [7, 11) is -3.23. The quantitative estimate of drug-likeness (QED) is 0.808. The van der Waals surface area contributed by atoms with E-state index < -0.39 is 10.0 Å². The molecule has 2 heterocycles. The van der Waals surface area contributed by atoms with Crippen molar-refractivity contribution in [3.63, 3.8) is 0 Å². The van der Waals surface area contributed by atoms with Crippen molar-refractivity contribution in [2.24, 2.45) is 0 Å². The zero-order valence-electron chi connectivity index (χ0n) is 13.8. The van der Waals surface area contributed by atoms with Crippen molar-refractivity contribution in [3.8, 4) is 5.69 Å². The Morgan fingerprint density at radius 3 is 2.52 bits per heavy atom. The smallest absolute Gasteiger partial charge is 0.257 e. The number of benzene rings is 1. The molecule has 2 aromatic rings. The highest BCUT2D eigenvalue weighted by Crippen LogP contribution is 2.15. The maximum absolute atomic E-state index is 12.7. The van der Waals surface area contributed by atoms with Crippen LogP contribution in [0.4, 0.5) is 0 Å². The van der Waals surface area contributed by atoms with E-state index in [0.717, 1.165) is 5.69 Å². The molecule has 1 aliphatic rings.